The summed E-state index contributed by atoms with van der Waals surface area (Å²) in [5.41, 5.74) is 5.29. The number of carbonyl (C=O) groups excluding carboxylic acids is 1. The van der Waals surface area contributed by atoms with Gasteiger partial charge in [-0.3, -0.25) is 4.79 Å². The largest absolute Gasteiger partial charge is 0.462 e. The Labute approximate surface area is 241 Å². The van der Waals surface area contributed by atoms with Gasteiger partial charge in [0.15, 0.2) is 5.83 Å². The smallest absolute Gasteiger partial charge is 0.318 e. The summed E-state index contributed by atoms with van der Waals surface area (Å²) < 4.78 is 20.1. The molecule has 2 saturated heterocycles. The van der Waals surface area contributed by atoms with Crippen molar-refractivity contribution in [3.05, 3.63) is 59.1 Å². The number of likely N-dealkylation sites (N-methyl/N-ethyl adjacent to an activating group) is 1. The molecule has 2 aromatic rings. The fourth-order valence-electron chi connectivity index (χ4n) is 7.40. The Bertz CT molecular complexity index is 1370. The minimum absolute atomic E-state index is 0.114. The summed E-state index contributed by atoms with van der Waals surface area (Å²) in [7, 11) is 2.13. The standard InChI is InChI=1S/C32H39FN6O2/c1-22(33)30(40)39-17-16-38(20-25(39)11-14-34)29-27-10-13-32(12-9-23-6-3-4-7-24(23)18-32)19-28(27)35-31(36-29)41-21-26-8-5-15-37(26)2/h3-4,6-7,25-26H,1,5,8-13,15-21H2,2H3. The number of rotatable bonds is 6. The molecule has 2 aliphatic heterocycles. The minimum Gasteiger partial charge on any atom is -0.462 e. The summed E-state index contributed by atoms with van der Waals surface area (Å²) in [6.45, 7) is 6.01. The number of anilines is 1. The zero-order valence-electron chi connectivity index (χ0n) is 23.9. The lowest BCUT2D eigenvalue weighted by molar-refractivity contribution is -0.131. The number of hydrogen-bond acceptors (Lipinski definition) is 7. The third kappa shape index (κ3) is 5.54. The number of ether oxygens (including phenoxy) is 1. The number of aryl methyl sites for hydroxylation is 1. The van der Waals surface area contributed by atoms with Gasteiger partial charge in [-0.05, 0) is 81.5 Å². The molecule has 0 saturated carbocycles. The van der Waals surface area contributed by atoms with Crippen LogP contribution in [0.25, 0.3) is 0 Å². The van der Waals surface area contributed by atoms with Crippen LogP contribution in [0.2, 0.25) is 0 Å². The van der Waals surface area contributed by atoms with E-state index < -0.39 is 17.8 Å². The van der Waals surface area contributed by atoms with Gasteiger partial charge in [0.2, 0.25) is 0 Å². The van der Waals surface area contributed by atoms with E-state index in [-0.39, 0.29) is 11.8 Å². The van der Waals surface area contributed by atoms with Crippen molar-refractivity contribution >= 4 is 11.7 Å². The van der Waals surface area contributed by atoms with Gasteiger partial charge in [0.05, 0.1) is 24.2 Å². The second-order valence-corrected chi connectivity index (χ2v) is 12.3. The van der Waals surface area contributed by atoms with Gasteiger partial charge >= 0.3 is 6.01 Å². The number of amides is 1. The SMILES string of the molecule is C=C(F)C(=O)N1CCN(c2nc(OCC3CCCN3C)nc3c2CCC2(CCc4ccccc4C2)C3)CC1CC#N. The molecule has 8 nitrogen and oxygen atoms in total. The number of halogens is 1. The van der Waals surface area contributed by atoms with Crippen LogP contribution in [0.5, 0.6) is 6.01 Å². The molecule has 2 fully saturated rings. The number of hydrogen-bond donors (Lipinski definition) is 0. The molecule has 1 spiro atoms. The number of aromatic nitrogens is 2. The average Bonchev–Trinajstić information content (AvgIpc) is 3.39. The van der Waals surface area contributed by atoms with Crippen molar-refractivity contribution < 1.29 is 13.9 Å². The normalized spacial score (nSPS) is 25.9. The molecular weight excluding hydrogens is 519 g/mol. The Kier molecular flexibility index (Phi) is 7.69. The molecule has 3 atom stereocenters. The summed E-state index contributed by atoms with van der Waals surface area (Å²) in [5, 5.41) is 9.48. The first kappa shape index (κ1) is 27.6. The maximum Gasteiger partial charge on any atom is 0.318 e. The van der Waals surface area contributed by atoms with Crippen molar-refractivity contribution in [2.45, 2.75) is 69.9 Å². The number of nitriles is 1. The number of piperazine rings is 1. The van der Waals surface area contributed by atoms with Crippen LogP contribution in [-0.4, -0.2) is 77.6 Å². The fourth-order valence-corrected chi connectivity index (χ4v) is 7.40. The zero-order chi connectivity index (χ0) is 28.6. The van der Waals surface area contributed by atoms with E-state index in [1.54, 1.807) is 0 Å². The summed E-state index contributed by atoms with van der Waals surface area (Å²) in [6.07, 6.45) is 8.50. The molecular formula is C32H39FN6O2. The van der Waals surface area contributed by atoms with E-state index >= 15 is 0 Å². The van der Waals surface area contributed by atoms with Crippen LogP contribution in [-0.2, 0) is 30.5 Å². The number of carbonyl (C=O) groups is 1. The van der Waals surface area contributed by atoms with Gasteiger partial charge in [0, 0.05) is 31.2 Å². The lowest BCUT2D eigenvalue weighted by Crippen LogP contribution is -2.55. The monoisotopic (exact) mass is 558 g/mol. The van der Waals surface area contributed by atoms with E-state index in [1.165, 1.54) is 22.4 Å². The quantitative estimate of drug-likeness (QED) is 0.495. The summed E-state index contributed by atoms with van der Waals surface area (Å²) >= 11 is 0. The maximum atomic E-state index is 13.8. The highest BCUT2D eigenvalue weighted by atomic mass is 19.1. The van der Waals surface area contributed by atoms with Gasteiger partial charge < -0.3 is 19.4 Å². The van der Waals surface area contributed by atoms with Crippen LogP contribution in [0.3, 0.4) is 0 Å². The van der Waals surface area contributed by atoms with Crippen molar-refractivity contribution in [2.75, 3.05) is 44.7 Å². The third-order valence-electron chi connectivity index (χ3n) is 9.79. The van der Waals surface area contributed by atoms with Crippen molar-refractivity contribution in [1.82, 2.24) is 19.8 Å². The van der Waals surface area contributed by atoms with E-state index in [4.69, 9.17) is 14.7 Å². The highest BCUT2D eigenvalue weighted by Gasteiger charge is 2.41. The zero-order valence-corrected chi connectivity index (χ0v) is 23.9. The van der Waals surface area contributed by atoms with Gasteiger partial charge in [0.1, 0.15) is 12.4 Å². The van der Waals surface area contributed by atoms with Gasteiger partial charge in [-0.2, -0.15) is 15.2 Å². The number of nitrogens with zero attached hydrogens (tertiary/aromatic N) is 6. The summed E-state index contributed by atoms with van der Waals surface area (Å²) in [5.74, 6) is -0.892. The van der Waals surface area contributed by atoms with E-state index in [2.05, 4.69) is 53.8 Å². The summed E-state index contributed by atoms with van der Waals surface area (Å²) in [4.78, 5) is 28.4. The van der Waals surface area contributed by atoms with Crippen molar-refractivity contribution in [3.8, 4) is 12.1 Å². The third-order valence-corrected chi connectivity index (χ3v) is 9.79. The van der Waals surface area contributed by atoms with E-state index in [0.29, 0.717) is 38.3 Å². The molecule has 0 bridgehead atoms. The second kappa shape index (κ2) is 11.4. The molecule has 41 heavy (non-hydrogen) atoms. The molecule has 0 N–H and O–H groups in total. The molecule has 3 unspecified atom stereocenters. The highest BCUT2D eigenvalue weighted by molar-refractivity contribution is 5.91. The predicted octanol–water partition coefficient (Wildman–Crippen LogP) is 4.03. The second-order valence-electron chi connectivity index (χ2n) is 12.3. The molecule has 3 heterocycles. The Morgan fingerprint density at radius 2 is 1.95 bits per heavy atom. The lowest BCUT2D eigenvalue weighted by Gasteiger charge is -2.44. The fraction of sp³-hybridized carbons (Fsp3) is 0.562. The van der Waals surface area contributed by atoms with Crippen LogP contribution < -0.4 is 9.64 Å². The first-order valence-corrected chi connectivity index (χ1v) is 14.9. The first-order chi connectivity index (χ1) is 19.9. The Hall–Kier alpha value is -3.51. The molecule has 216 valence electrons. The van der Waals surface area contributed by atoms with Crippen molar-refractivity contribution in [1.29, 1.82) is 5.26 Å². The topological polar surface area (TPSA) is 85.6 Å². The van der Waals surface area contributed by atoms with Gasteiger partial charge in [-0.15, -0.1) is 0 Å². The maximum absolute atomic E-state index is 13.8. The Morgan fingerprint density at radius 1 is 1.15 bits per heavy atom. The molecule has 1 aromatic heterocycles. The number of likely N-dealkylation sites (tertiary alicyclic amines) is 1. The van der Waals surface area contributed by atoms with Crippen LogP contribution in [0, 0.1) is 16.7 Å². The Morgan fingerprint density at radius 3 is 2.71 bits per heavy atom. The molecule has 1 amide bonds. The van der Waals surface area contributed by atoms with Crippen LogP contribution in [0.1, 0.15) is 54.5 Å². The van der Waals surface area contributed by atoms with Crippen LogP contribution in [0.15, 0.2) is 36.7 Å². The van der Waals surface area contributed by atoms with Gasteiger partial charge in [0.25, 0.3) is 5.91 Å². The minimum atomic E-state index is -0.993. The van der Waals surface area contributed by atoms with Crippen LogP contribution >= 0.6 is 0 Å². The number of fused-ring (bicyclic) bond motifs is 2. The molecule has 4 aliphatic rings. The van der Waals surface area contributed by atoms with E-state index in [0.717, 1.165) is 68.6 Å². The van der Waals surface area contributed by atoms with Crippen molar-refractivity contribution in [3.63, 3.8) is 0 Å². The van der Waals surface area contributed by atoms with Gasteiger partial charge in [-0.1, -0.05) is 30.8 Å². The first-order valence-electron chi connectivity index (χ1n) is 14.9. The predicted molar refractivity (Wildman–Crippen MR) is 154 cm³/mol. The number of benzene rings is 1. The van der Waals surface area contributed by atoms with Gasteiger partial charge in [-0.25, -0.2) is 4.39 Å². The molecule has 1 aromatic carbocycles. The molecule has 6 rings (SSSR count). The van der Waals surface area contributed by atoms with Crippen LogP contribution in [0.4, 0.5) is 10.2 Å². The average molecular weight is 559 g/mol. The molecule has 0 radical (unpaired) electrons. The lowest BCUT2D eigenvalue weighted by atomic mass is 9.63. The molecule has 2 aliphatic carbocycles. The van der Waals surface area contributed by atoms with E-state index in [9.17, 15) is 14.4 Å². The molecule has 9 heteroatoms. The van der Waals surface area contributed by atoms with E-state index in [1.807, 2.05) is 0 Å². The van der Waals surface area contributed by atoms with Crippen molar-refractivity contribution in [2.24, 2.45) is 5.41 Å². The summed E-state index contributed by atoms with van der Waals surface area (Å²) in [6, 6.07) is 11.3. The highest BCUT2D eigenvalue weighted by Crippen LogP contribution is 2.46. The Balaban J connectivity index is 1.30.